The van der Waals surface area contributed by atoms with Crippen molar-refractivity contribution >= 4 is 33.0 Å². The molecule has 18 heavy (non-hydrogen) atoms. The number of nitrogens with two attached hydrogens (primary N) is 1. The van der Waals surface area contributed by atoms with E-state index in [1.165, 1.54) is 0 Å². The van der Waals surface area contributed by atoms with E-state index in [-0.39, 0.29) is 5.41 Å². The summed E-state index contributed by atoms with van der Waals surface area (Å²) >= 11 is 3.58. The molecule has 2 heterocycles. The molecule has 94 valence electrons. The lowest BCUT2D eigenvalue weighted by Gasteiger charge is -2.35. The highest BCUT2D eigenvalue weighted by atomic mass is 79.9. The molecular formula is C13H15BrN4. The highest BCUT2D eigenvalue weighted by molar-refractivity contribution is 9.10. The number of nitrogens with zero attached hydrogens (tertiary/aromatic N) is 1. The van der Waals surface area contributed by atoms with Crippen LogP contribution in [-0.4, -0.2) is 12.3 Å². The van der Waals surface area contributed by atoms with Crippen LogP contribution >= 0.6 is 15.9 Å². The Balaban J connectivity index is 2.33. The van der Waals surface area contributed by atoms with E-state index < -0.39 is 0 Å². The van der Waals surface area contributed by atoms with Gasteiger partial charge in [-0.05, 0) is 28.1 Å². The maximum absolute atomic E-state index is 5.89. The third-order valence-electron chi connectivity index (χ3n) is 3.36. The normalized spacial score (nSPS) is 19.7. The summed E-state index contributed by atoms with van der Waals surface area (Å²) in [5.41, 5.74) is 10.1. The molecule has 4 N–H and O–H groups in total. The van der Waals surface area contributed by atoms with Crippen LogP contribution in [0.3, 0.4) is 0 Å². The molecule has 2 aliphatic rings. The van der Waals surface area contributed by atoms with Gasteiger partial charge in [0.2, 0.25) is 0 Å². The van der Waals surface area contributed by atoms with Gasteiger partial charge in [0.25, 0.3) is 0 Å². The standard InChI is InChI=1S/C13H15BrN4/c1-13(2)6-17-11-7(14)3-4-8-10(11)12(13)18-9(15)5-16-8/h3-5,16-17H,6,15H2,1-2H3. The first-order valence-corrected chi connectivity index (χ1v) is 6.66. The minimum Gasteiger partial charge on any atom is -0.383 e. The van der Waals surface area contributed by atoms with Crippen LogP contribution in [0.4, 0.5) is 11.4 Å². The Kier molecular flexibility index (Phi) is 2.41. The summed E-state index contributed by atoms with van der Waals surface area (Å²) in [6.45, 7) is 5.18. The lowest BCUT2D eigenvalue weighted by molar-refractivity contribution is 0.549. The molecule has 1 aromatic carbocycles. The summed E-state index contributed by atoms with van der Waals surface area (Å²) in [7, 11) is 0. The quantitative estimate of drug-likeness (QED) is 0.690. The zero-order valence-electron chi connectivity index (χ0n) is 10.3. The first kappa shape index (κ1) is 11.6. The van der Waals surface area contributed by atoms with Crippen LogP contribution in [0.1, 0.15) is 19.4 Å². The molecular weight excluding hydrogens is 292 g/mol. The largest absolute Gasteiger partial charge is 0.383 e. The van der Waals surface area contributed by atoms with Crippen molar-refractivity contribution in [1.82, 2.24) is 0 Å². The van der Waals surface area contributed by atoms with Gasteiger partial charge in [0.15, 0.2) is 0 Å². The molecule has 4 nitrogen and oxygen atoms in total. The summed E-state index contributed by atoms with van der Waals surface area (Å²) < 4.78 is 1.05. The number of hydrogen-bond acceptors (Lipinski definition) is 4. The zero-order chi connectivity index (χ0) is 12.9. The van der Waals surface area contributed by atoms with E-state index >= 15 is 0 Å². The number of hydrogen-bond donors (Lipinski definition) is 3. The van der Waals surface area contributed by atoms with Crippen LogP contribution in [0.5, 0.6) is 0 Å². The Morgan fingerprint density at radius 2 is 2.17 bits per heavy atom. The van der Waals surface area contributed by atoms with Gasteiger partial charge >= 0.3 is 0 Å². The summed E-state index contributed by atoms with van der Waals surface area (Å²) in [6, 6.07) is 4.07. The lowest BCUT2D eigenvalue weighted by Crippen LogP contribution is -2.38. The fraction of sp³-hybridized carbons (Fsp3) is 0.308. The van der Waals surface area contributed by atoms with Crippen molar-refractivity contribution in [3.05, 3.63) is 34.2 Å². The molecule has 5 heteroatoms. The highest BCUT2D eigenvalue weighted by Crippen LogP contribution is 2.42. The number of rotatable bonds is 0. The average molecular weight is 307 g/mol. The molecule has 0 unspecified atom stereocenters. The van der Waals surface area contributed by atoms with Gasteiger partial charge in [-0.25, -0.2) is 4.99 Å². The molecule has 0 fully saturated rings. The van der Waals surface area contributed by atoms with Crippen molar-refractivity contribution in [3.8, 4) is 0 Å². The second kappa shape index (κ2) is 3.75. The molecule has 0 radical (unpaired) electrons. The predicted molar refractivity (Wildman–Crippen MR) is 78.8 cm³/mol. The van der Waals surface area contributed by atoms with Crippen LogP contribution in [0, 0.1) is 5.41 Å². The van der Waals surface area contributed by atoms with Gasteiger partial charge in [0, 0.05) is 33.9 Å². The second-order valence-electron chi connectivity index (χ2n) is 5.26. The van der Waals surface area contributed by atoms with E-state index in [0.29, 0.717) is 5.82 Å². The van der Waals surface area contributed by atoms with E-state index in [0.717, 1.165) is 33.7 Å². The molecule has 0 amide bonds. The summed E-state index contributed by atoms with van der Waals surface area (Å²) in [5, 5.41) is 6.69. The monoisotopic (exact) mass is 306 g/mol. The molecule has 0 aliphatic carbocycles. The van der Waals surface area contributed by atoms with Crippen LogP contribution in [0.2, 0.25) is 0 Å². The van der Waals surface area contributed by atoms with Crippen LogP contribution in [0.15, 0.2) is 33.6 Å². The van der Waals surface area contributed by atoms with Crippen molar-refractivity contribution in [2.24, 2.45) is 16.1 Å². The van der Waals surface area contributed by atoms with Gasteiger partial charge in [-0.3, -0.25) is 0 Å². The summed E-state index contributed by atoms with van der Waals surface area (Å²) in [5.74, 6) is 0.512. The molecule has 0 atom stereocenters. The number of anilines is 2. The van der Waals surface area contributed by atoms with E-state index in [2.05, 4.69) is 45.4 Å². The van der Waals surface area contributed by atoms with Gasteiger partial charge in [-0.1, -0.05) is 13.8 Å². The molecule has 2 aliphatic heterocycles. The first-order valence-electron chi connectivity index (χ1n) is 5.87. The maximum atomic E-state index is 5.89. The minimum absolute atomic E-state index is 0.0486. The average Bonchev–Trinajstić information content (AvgIpc) is 2.48. The zero-order valence-corrected chi connectivity index (χ0v) is 11.9. The van der Waals surface area contributed by atoms with E-state index in [9.17, 15) is 0 Å². The molecule has 0 saturated carbocycles. The maximum Gasteiger partial charge on any atom is 0.139 e. The van der Waals surface area contributed by atoms with Crippen LogP contribution in [0.25, 0.3) is 0 Å². The summed E-state index contributed by atoms with van der Waals surface area (Å²) in [6.07, 6.45) is 1.74. The topological polar surface area (TPSA) is 62.4 Å². The van der Waals surface area contributed by atoms with Gasteiger partial charge in [-0.2, -0.15) is 0 Å². The first-order chi connectivity index (χ1) is 8.49. The number of benzene rings is 1. The second-order valence-corrected chi connectivity index (χ2v) is 6.11. The van der Waals surface area contributed by atoms with Crippen molar-refractivity contribution < 1.29 is 0 Å². The molecule has 0 saturated heterocycles. The van der Waals surface area contributed by atoms with Crippen molar-refractivity contribution in [2.75, 3.05) is 17.2 Å². The number of aliphatic imine (C=N–C) groups is 1. The highest BCUT2D eigenvalue weighted by Gasteiger charge is 2.35. The fourth-order valence-electron chi connectivity index (χ4n) is 2.37. The van der Waals surface area contributed by atoms with Gasteiger partial charge in [0.05, 0.1) is 11.4 Å². The molecule has 3 rings (SSSR count). The molecule has 0 bridgehead atoms. The molecule has 0 aromatic heterocycles. The van der Waals surface area contributed by atoms with Crippen molar-refractivity contribution in [3.63, 3.8) is 0 Å². The van der Waals surface area contributed by atoms with Crippen molar-refractivity contribution in [1.29, 1.82) is 0 Å². The Hall–Kier alpha value is -1.49. The summed E-state index contributed by atoms with van der Waals surface area (Å²) in [4.78, 5) is 4.57. The van der Waals surface area contributed by atoms with Gasteiger partial charge in [0.1, 0.15) is 5.82 Å². The van der Waals surface area contributed by atoms with Crippen LogP contribution in [-0.2, 0) is 0 Å². The number of halogens is 1. The van der Waals surface area contributed by atoms with Gasteiger partial charge < -0.3 is 16.4 Å². The Morgan fingerprint density at radius 1 is 1.39 bits per heavy atom. The number of nitrogens with one attached hydrogen (secondary N) is 2. The van der Waals surface area contributed by atoms with Crippen LogP contribution < -0.4 is 16.4 Å². The Bertz CT molecular complexity index is 587. The third-order valence-corrected chi connectivity index (χ3v) is 4.02. The van der Waals surface area contributed by atoms with Gasteiger partial charge in [-0.15, -0.1) is 0 Å². The minimum atomic E-state index is -0.0486. The van der Waals surface area contributed by atoms with E-state index in [4.69, 9.17) is 5.73 Å². The fourth-order valence-corrected chi connectivity index (χ4v) is 2.84. The van der Waals surface area contributed by atoms with E-state index in [1.807, 2.05) is 12.1 Å². The Morgan fingerprint density at radius 3 is 2.94 bits per heavy atom. The molecule has 0 spiro atoms. The molecule has 1 aromatic rings. The lowest BCUT2D eigenvalue weighted by atomic mass is 9.79. The predicted octanol–water partition coefficient (Wildman–Crippen LogP) is 2.87. The van der Waals surface area contributed by atoms with Crippen molar-refractivity contribution in [2.45, 2.75) is 13.8 Å². The smallest absolute Gasteiger partial charge is 0.139 e. The SMILES string of the molecule is CC1(C)CNc2c(Br)ccc3c2C1=NC(N)=CN3. The third kappa shape index (κ3) is 1.61. The Labute approximate surface area is 114 Å². The van der Waals surface area contributed by atoms with E-state index in [1.54, 1.807) is 6.20 Å².